The van der Waals surface area contributed by atoms with E-state index in [1.165, 1.54) is 19.9 Å². The van der Waals surface area contributed by atoms with Gasteiger partial charge in [-0.2, -0.15) is 10.5 Å². The van der Waals surface area contributed by atoms with Crippen LogP contribution in [0.2, 0.25) is 0 Å². The van der Waals surface area contributed by atoms with E-state index < -0.39 is 45.0 Å². The maximum atomic E-state index is 12.6. The van der Waals surface area contributed by atoms with Gasteiger partial charge in [0.25, 0.3) is 28.4 Å². The summed E-state index contributed by atoms with van der Waals surface area (Å²) in [5.74, 6) is -1.29. The molecule has 0 bridgehead atoms. The monoisotopic (exact) mass is 656 g/mol. The molecule has 0 fully saturated rings. The van der Waals surface area contributed by atoms with Crippen molar-refractivity contribution < 1.29 is 34.1 Å². The molecule has 5 rings (SSSR count). The summed E-state index contributed by atoms with van der Waals surface area (Å²) < 4.78 is 11.2. The Morgan fingerprint density at radius 2 is 1.23 bits per heavy atom. The zero-order valence-electron chi connectivity index (χ0n) is 24.2. The zero-order valence-corrected chi connectivity index (χ0v) is 24.2. The van der Waals surface area contributed by atoms with Crippen molar-refractivity contribution >= 4 is 34.1 Å². The largest absolute Gasteiger partial charge is 0.455 e. The quantitative estimate of drug-likeness (QED) is 0.161. The maximum Gasteiger partial charge on any atom is 0.271 e. The third-order valence-corrected chi connectivity index (χ3v) is 6.50. The van der Waals surface area contributed by atoms with Crippen molar-refractivity contribution in [2.24, 2.45) is 20.5 Å². The molecule has 0 saturated heterocycles. The second kappa shape index (κ2) is 13.2. The van der Waals surface area contributed by atoms with Crippen LogP contribution in [-0.4, -0.2) is 26.6 Å². The van der Waals surface area contributed by atoms with Gasteiger partial charge in [0.1, 0.15) is 34.6 Å². The normalized spacial score (nSPS) is 12.3. The van der Waals surface area contributed by atoms with Gasteiger partial charge in [-0.1, -0.05) is 0 Å². The van der Waals surface area contributed by atoms with E-state index >= 15 is 0 Å². The number of ether oxygens (including phenoxy) is 2. The summed E-state index contributed by atoms with van der Waals surface area (Å²) >= 11 is 0. The maximum absolute atomic E-state index is 12.6. The lowest BCUT2D eigenvalue weighted by Gasteiger charge is -2.13. The molecule has 240 valence electrons. The average Bonchev–Trinajstić information content (AvgIpc) is 3.04. The molecule has 2 aromatic carbocycles. The summed E-state index contributed by atoms with van der Waals surface area (Å²) in [7, 11) is 0. The molecular weight excluding hydrogens is 640 g/mol. The molecule has 0 amide bonds. The van der Waals surface area contributed by atoms with Crippen molar-refractivity contribution in [2.75, 3.05) is 6.79 Å². The molecule has 2 N–H and O–H groups in total. The number of pyridine rings is 2. The number of hydrogen-bond acceptors (Lipinski definition) is 17. The van der Waals surface area contributed by atoms with Crippen LogP contribution in [0.15, 0.2) is 66.4 Å². The van der Waals surface area contributed by atoms with Crippen LogP contribution in [0.5, 0.6) is 23.3 Å². The van der Waals surface area contributed by atoms with Crippen LogP contribution in [-0.2, 0) is 5.04 Å². The lowest BCUT2D eigenvalue weighted by molar-refractivity contribution is -0.412. The predicted octanol–water partition coefficient (Wildman–Crippen LogP) is 5.10. The average molecular weight is 656 g/mol. The number of H-pyrrole nitrogens is 2. The van der Waals surface area contributed by atoms with E-state index in [0.29, 0.717) is 0 Å². The molecule has 21 nitrogen and oxygen atoms in total. The van der Waals surface area contributed by atoms with Crippen molar-refractivity contribution in [1.82, 2.24) is 9.97 Å². The van der Waals surface area contributed by atoms with Crippen LogP contribution in [0.3, 0.4) is 0 Å². The molecule has 21 heteroatoms. The number of hydrogen-bond donors (Lipinski definition) is 2. The smallest absolute Gasteiger partial charge is 0.271 e. The van der Waals surface area contributed by atoms with Crippen molar-refractivity contribution in [1.29, 1.82) is 10.5 Å². The number of aromatic nitrogens is 2. The van der Waals surface area contributed by atoms with Crippen LogP contribution >= 0.6 is 0 Å². The Labute approximate surface area is 265 Å². The van der Waals surface area contributed by atoms with Crippen molar-refractivity contribution in [3.05, 3.63) is 99.6 Å². The van der Waals surface area contributed by atoms with Crippen molar-refractivity contribution in [3.63, 3.8) is 0 Å². The lowest BCUT2D eigenvalue weighted by Crippen LogP contribution is -2.16. The SMILES string of the molecule is Cc1c2c([nH]c(=O)c1C#N)OCOc1ccc([N+](=O)[O-])cc1N=Nc1c([nH]c(=O)c(C#N)c1C)OOOc1ccc([N+](=O)[O-])cc1N=N2. The Kier molecular flexibility index (Phi) is 8.79. The number of nitrogens with one attached hydrogen (secondary N) is 2. The highest BCUT2D eigenvalue weighted by atomic mass is 17.5. The Balaban J connectivity index is 1.69. The third kappa shape index (κ3) is 6.32. The van der Waals surface area contributed by atoms with E-state index in [-0.39, 0.29) is 62.4 Å². The van der Waals surface area contributed by atoms with Gasteiger partial charge in [-0.25, -0.2) is 0 Å². The minimum atomic E-state index is -0.903. The Morgan fingerprint density at radius 3 is 1.77 bits per heavy atom. The molecule has 0 radical (unpaired) electrons. The fraction of sp³-hybridized carbons (Fsp3) is 0.111. The zero-order chi connectivity index (χ0) is 34.5. The number of nitro benzene ring substituents is 2. The summed E-state index contributed by atoms with van der Waals surface area (Å²) in [6.07, 6.45) is 0. The number of rotatable bonds is 2. The van der Waals surface area contributed by atoms with E-state index in [2.05, 4.69) is 30.4 Å². The first kappa shape index (κ1) is 31.9. The molecule has 0 aliphatic carbocycles. The number of nitro groups is 2. The van der Waals surface area contributed by atoms with Gasteiger partial charge in [-0.05, 0) is 26.0 Å². The molecule has 4 aromatic rings. The number of fused-ring (bicyclic) bond motifs is 4. The highest BCUT2D eigenvalue weighted by Crippen LogP contribution is 2.39. The van der Waals surface area contributed by atoms with E-state index in [1.807, 2.05) is 0 Å². The first-order valence-electron chi connectivity index (χ1n) is 13.0. The molecule has 48 heavy (non-hydrogen) atoms. The molecule has 0 atom stereocenters. The van der Waals surface area contributed by atoms with Gasteiger partial charge in [-0.15, -0.1) is 20.5 Å². The van der Waals surface area contributed by atoms with Crippen molar-refractivity contribution in [3.8, 4) is 35.4 Å². The van der Waals surface area contributed by atoms with Gasteiger partial charge < -0.3 is 9.47 Å². The number of aromatic amines is 2. The summed E-state index contributed by atoms with van der Waals surface area (Å²) in [4.78, 5) is 61.4. The molecule has 3 heterocycles. The first-order valence-corrected chi connectivity index (χ1v) is 13.0. The molecular formula is C27H16N10O11. The fourth-order valence-corrected chi connectivity index (χ4v) is 4.08. The number of azo groups is 2. The van der Waals surface area contributed by atoms with Crippen LogP contribution in [0.4, 0.5) is 34.1 Å². The minimum Gasteiger partial charge on any atom is -0.455 e. The summed E-state index contributed by atoms with van der Waals surface area (Å²) in [5.41, 5.74) is -4.31. The fourth-order valence-electron chi connectivity index (χ4n) is 4.08. The van der Waals surface area contributed by atoms with Crippen LogP contribution < -0.4 is 30.4 Å². The molecule has 0 unspecified atom stereocenters. The molecule has 1 aliphatic rings. The summed E-state index contributed by atoms with van der Waals surface area (Å²) in [6, 6.07) is 9.82. The minimum absolute atomic E-state index is 0.0133. The van der Waals surface area contributed by atoms with Gasteiger partial charge >= 0.3 is 0 Å². The van der Waals surface area contributed by atoms with Crippen LogP contribution in [0, 0.1) is 56.7 Å². The standard InChI is InChI=1S/C27H16N10O11/c1-12-16(9-28)24(38)30-26-22(12)34-33-19-8-15(37(42)43)4-6-21(19)46-48-47-27-23(13(2)17(10-29)25(39)31-27)35-32-18-7-14(36(40)41)3-5-20(18)44-11-45-26/h3-8H,11H2,1-2H3,(H,30,38)(H,31,39). The molecule has 2 aromatic heterocycles. The Hall–Kier alpha value is -7.52. The third-order valence-electron chi connectivity index (χ3n) is 6.50. The number of non-ortho nitro benzene ring substituents is 2. The van der Waals surface area contributed by atoms with E-state index in [1.54, 1.807) is 12.1 Å². The number of benzene rings is 2. The van der Waals surface area contributed by atoms with Crippen molar-refractivity contribution in [2.45, 2.75) is 13.8 Å². The van der Waals surface area contributed by atoms with Gasteiger partial charge in [0.05, 0.1) is 9.85 Å². The molecule has 0 spiro atoms. The lowest BCUT2D eigenvalue weighted by atomic mass is 10.1. The number of nitrogens with zero attached hydrogens (tertiary/aromatic N) is 8. The predicted molar refractivity (Wildman–Crippen MR) is 156 cm³/mol. The topological polar surface area (TPSA) is 295 Å². The van der Waals surface area contributed by atoms with E-state index in [9.17, 15) is 40.3 Å². The van der Waals surface area contributed by atoms with E-state index in [0.717, 1.165) is 30.3 Å². The van der Waals surface area contributed by atoms with Gasteiger partial charge in [0, 0.05) is 40.4 Å². The van der Waals surface area contributed by atoms with Crippen LogP contribution in [0.25, 0.3) is 0 Å². The Bertz CT molecular complexity index is 2110. The summed E-state index contributed by atoms with van der Waals surface area (Å²) in [6.45, 7) is 2.04. The highest BCUT2D eigenvalue weighted by molar-refractivity contribution is 5.63. The summed E-state index contributed by atoms with van der Waals surface area (Å²) in [5, 5.41) is 62.8. The highest BCUT2D eigenvalue weighted by Gasteiger charge is 2.21. The first-order chi connectivity index (χ1) is 23.0. The second-order valence-electron chi connectivity index (χ2n) is 9.35. The van der Waals surface area contributed by atoms with Crippen LogP contribution in [0.1, 0.15) is 22.3 Å². The van der Waals surface area contributed by atoms with Gasteiger partial charge in [0.2, 0.25) is 12.7 Å². The molecule has 1 aliphatic heterocycles. The van der Waals surface area contributed by atoms with E-state index in [4.69, 9.17) is 24.3 Å². The Morgan fingerprint density at radius 1 is 0.729 bits per heavy atom. The second-order valence-corrected chi connectivity index (χ2v) is 9.35. The van der Waals surface area contributed by atoms with Gasteiger partial charge in [-0.3, -0.25) is 49.6 Å². The van der Waals surface area contributed by atoms with Gasteiger partial charge in [0.15, 0.2) is 22.9 Å². The number of nitriles is 2. The molecule has 0 saturated carbocycles.